The molecule has 1 unspecified atom stereocenters. The normalized spacial score (nSPS) is 16.2. The molecule has 2 rings (SSSR count). The minimum Gasteiger partial charge on any atom is -0.496 e. The van der Waals surface area contributed by atoms with Crippen molar-refractivity contribution in [3.05, 3.63) is 53.1 Å². The molecule has 0 aliphatic carbocycles. The van der Waals surface area contributed by atoms with Crippen molar-refractivity contribution in [3.63, 3.8) is 0 Å². The standard InChI is InChI=1S/C36H52O6/c1-6-7-8-9-10-11-12-13-14-15-16-17-18-19-20-21-34(39)41-33-25-32(40-5)30-22-23-36(4,26-29(38)24-28(2)3)42-35(30)31(33)27-37/h10-11,13-14,24-25,27H,6-9,12,15-23,26H2,1-5H3/b11-10-,14-13-. The third-order valence-electron chi connectivity index (χ3n) is 7.49. The topological polar surface area (TPSA) is 78.9 Å². The first kappa shape index (κ1) is 35.0. The van der Waals surface area contributed by atoms with Gasteiger partial charge in [-0.15, -0.1) is 0 Å². The van der Waals surface area contributed by atoms with Crippen LogP contribution in [0.1, 0.15) is 134 Å². The van der Waals surface area contributed by atoms with Crippen molar-refractivity contribution in [2.24, 2.45) is 0 Å². The molecule has 6 nitrogen and oxygen atoms in total. The van der Waals surface area contributed by atoms with Crippen LogP contribution in [-0.4, -0.2) is 30.7 Å². The predicted molar refractivity (Wildman–Crippen MR) is 170 cm³/mol. The van der Waals surface area contributed by atoms with Crippen LogP contribution < -0.4 is 14.2 Å². The van der Waals surface area contributed by atoms with Crippen LogP contribution in [0.15, 0.2) is 42.0 Å². The van der Waals surface area contributed by atoms with Crippen LogP contribution in [0, 0.1) is 0 Å². The van der Waals surface area contributed by atoms with Gasteiger partial charge in [0, 0.05) is 24.5 Å². The van der Waals surface area contributed by atoms with Crippen LogP contribution >= 0.6 is 0 Å². The molecule has 1 aromatic rings. The maximum Gasteiger partial charge on any atom is 0.311 e. The lowest BCUT2D eigenvalue weighted by Gasteiger charge is -2.36. The van der Waals surface area contributed by atoms with Gasteiger partial charge in [-0.3, -0.25) is 14.4 Å². The summed E-state index contributed by atoms with van der Waals surface area (Å²) in [5.41, 5.74) is 1.08. The molecule has 0 saturated heterocycles. The Kier molecular flexibility index (Phi) is 16.0. The van der Waals surface area contributed by atoms with Gasteiger partial charge in [-0.2, -0.15) is 0 Å². The van der Waals surface area contributed by atoms with Crippen molar-refractivity contribution in [1.82, 2.24) is 0 Å². The zero-order chi connectivity index (χ0) is 30.8. The average molecular weight is 581 g/mol. The van der Waals surface area contributed by atoms with Gasteiger partial charge in [-0.1, -0.05) is 68.9 Å². The van der Waals surface area contributed by atoms with Gasteiger partial charge < -0.3 is 14.2 Å². The van der Waals surface area contributed by atoms with E-state index in [4.69, 9.17) is 14.2 Å². The summed E-state index contributed by atoms with van der Waals surface area (Å²) in [7, 11) is 1.54. The van der Waals surface area contributed by atoms with E-state index in [1.807, 2.05) is 20.8 Å². The van der Waals surface area contributed by atoms with Crippen molar-refractivity contribution in [2.45, 2.75) is 130 Å². The molecule has 1 atom stereocenters. The first-order chi connectivity index (χ1) is 20.2. The van der Waals surface area contributed by atoms with Gasteiger partial charge in [0.15, 0.2) is 12.1 Å². The maximum atomic E-state index is 12.7. The second-order valence-electron chi connectivity index (χ2n) is 11.8. The Balaban J connectivity index is 1.82. The summed E-state index contributed by atoms with van der Waals surface area (Å²) in [5, 5.41) is 0. The number of rotatable bonds is 20. The van der Waals surface area contributed by atoms with Crippen molar-refractivity contribution >= 4 is 18.0 Å². The van der Waals surface area contributed by atoms with E-state index in [1.54, 1.807) is 12.1 Å². The number of esters is 1. The van der Waals surface area contributed by atoms with E-state index in [-0.39, 0.29) is 35.9 Å². The Labute approximate surface area is 253 Å². The molecular weight excluding hydrogens is 528 g/mol. The van der Waals surface area contributed by atoms with E-state index >= 15 is 0 Å². The Morgan fingerprint density at radius 3 is 2.26 bits per heavy atom. The number of hydrogen-bond acceptors (Lipinski definition) is 6. The summed E-state index contributed by atoms with van der Waals surface area (Å²) in [6.45, 7) is 7.85. The zero-order valence-electron chi connectivity index (χ0n) is 26.6. The predicted octanol–water partition coefficient (Wildman–Crippen LogP) is 9.24. The number of carbonyl (C=O) groups excluding carboxylic acids is 3. The van der Waals surface area contributed by atoms with Crippen molar-refractivity contribution in [1.29, 1.82) is 0 Å². The van der Waals surface area contributed by atoms with Crippen LogP contribution in [-0.2, 0) is 16.0 Å². The SMILES string of the molecule is CCCCC/C=C\C/C=C\CCCCCCCC(=O)Oc1cc(OC)c2c(c1C=O)OC(C)(CC(=O)C=C(C)C)CC2. The molecular formula is C36H52O6. The summed E-state index contributed by atoms with van der Waals surface area (Å²) in [4.78, 5) is 37.3. The Bertz CT molecular complexity index is 1110. The lowest BCUT2D eigenvalue weighted by Crippen LogP contribution is -2.39. The molecule has 0 bridgehead atoms. The molecule has 1 aromatic carbocycles. The van der Waals surface area contributed by atoms with Gasteiger partial charge in [0.2, 0.25) is 0 Å². The smallest absolute Gasteiger partial charge is 0.311 e. The molecule has 0 amide bonds. The fourth-order valence-electron chi connectivity index (χ4n) is 5.21. The summed E-state index contributed by atoms with van der Waals surface area (Å²) in [6.07, 6.45) is 25.1. The molecule has 42 heavy (non-hydrogen) atoms. The lowest BCUT2D eigenvalue weighted by atomic mass is 9.86. The number of hydrogen-bond donors (Lipinski definition) is 0. The van der Waals surface area contributed by atoms with Gasteiger partial charge >= 0.3 is 5.97 Å². The van der Waals surface area contributed by atoms with Crippen LogP contribution in [0.5, 0.6) is 17.2 Å². The first-order valence-electron chi connectivity index (χ1n) is 15.8. The van der Waals surface area contributed by atoms with Gasteiger partial charge in [0.1, 0.15) is 22.8 Å². The molecule has 1 heterocycles. The minimum absolute atomic E-state index is 0.0273. The number of fused-ring (bicyclic) bond motifs is 1. The summed E-state index contributed by atoms with van der Waals surface area (Å²) >= 11 is 0. The van der Waals surface area contributed by atoms with Gasteiger partial charge in [-0.05, 0) is 78.2 Å². The van der Waals surface area contributed by atoms with Crippen LogP contribution in [0.25, 0.3) is 0 Å². The van der Waals surface area contributed by atoms with Crippen molar-refractivity contribution < 1.29 is 28.6 Å². The minimum atomic E-state index is -0.776. The monoisotopic (exact) mass is 580 g/mol. The molecule has 0 fully saturated rings. The highest BCUT2D eigenvalue weighted by Gasteiger charge is 2.37. The maximum absolute atomic E-state index is 12.7. The summed E-state index contributed by atoms with van der Waals surface area (Å²) in [5.74, 6) is 0.563. The number of benzene rings is 1. The van der Waals surface area contributed by atoms with E-state index in [1.165, 1.54) is 32.8 Å². The molecule has 0 saturated carbocycles. The van der Waals surface area contributed by atoms with Crippen molar-refractivity contribution in [2.75, 3.05) is 7.11 Å². The first-order valence-corrected chi connectivity index (χ1v) is 15.8. The molecule has 0 spiro atoms. The molecule has 0 aromatic heterocycles. The average Bonchev–Trinajstić information content (AvgIpc) is 2.93. The van der Waals surface area contributed by atoms with Crippen LogP contribution in [0.2, 0.25) is 0 Å². The van der Waals surface area contributed by atoms with E-state index < -0.39 is 5.60 Å². The van der Waals surface area contributed by atoms with E-state index in [0.29, 0.717) is 30.6 Å². The highest BCUT2D eigenvalue weighted by atomic mass is 16.5. The van der Waals surface area contributed by atoms with E-state index in [9.17, 15) is 14.4 Å². The third kappa shape index (κ3) is 12.4. The number of unbranched alkanes of at least 4 members (excludes halogenated alkanes) is 8. The molecule has 1 aliphatic heterocycles. The summed E-state index contributed by atoms with van der Waals surface area (Å²) in [6, 6.07) is 1.59. The highest BCUT2D eigenvalue weighted by Crippen LogP contribution is 2.45. The number of allylic oxidation sites excluding steroid dienone is 6. The van der Waals surface area contributed by atoms with Crippen molar-refractivity contribution in [3.8, 4) is 17.2 Å². The molecule has 0 radical (unpaired) electrons. The zero-order valence-corrected chi connectivity index (χ0v) is 26.6. The Morgan fingerprint density at radius 1 is 0.952 bits per heavy atom. The third-order valence-corrected chi connectivity index (χ3v) is 7.49. The number of aldehydes is 1. The second kappa shape index (κ2) is 19.1. The van der Waals surface area contributed by atoms with E-state index in [0.717, 1.165) is 56.1 Å². The Morgan fingerprint density at radius 2 is 1.62 bits per heavy atom. The molecule has 0 N–H and O–H groups in total. The fraction of sp³-hybridized carbons (Fsp3) is 0.583. The number of ether oxygens (including phenoxy) is 3. The Hall–Kier alpha value is -3.15. The number of methoxy groups -OCH3 is 1. The second-order valence-corrected chi connectivity index (χ2v) is 11.8. The van der Waals surface area contributed by atoms with E-state index in [2.05, 4.69) is 31.2 Å². The van der Waals surface area contributed by atoms with Crippen LogP contribution in [0.3, 0.4) is 0 Å². The highest BCUT2D eigenvalue weighted by molar-refractivity contribution is 5.91. The summed E-state index contributed by atoms with van der Waals surface area (Å²) < 4.78 is 17.5. The quantitative estimate of drug-likeness (QED) is 0.0382. The molecule has 1 aliphatic rings. The fourth-order valence-corrected chi connectivity index (χ4v) is 5.21. The van der Waals surface area contributed by atoms with Gasteiger partial charge in [0.05, 0.1) is 12.7 Å². The van der Waals surface area contributed by atoms with Crippen LogP contribution in [0.4, 0.5) is 0 Å². The number of carbonyl (C=O) groups is 3. The lowest BCUT2D eigenvalue weighted by molar-refractivity contribution is -0.134. The largest absolute Gasteiger partial charge is 0.496 e. The number of ketones is 1. The van der Waals surface area contributed by atoms with Gasteiger partial charge in [-0.25, -0.2) is 0 Å². The molecule has 232 valence electrons. The van der Waals surface area contributed by atoms with Gasteiger partial charge in [0.25, 0.3) is 0 Å². The molecule has 6 heteroatoms.